The third-order valence-corrected chi connectivity index (χ3v) is 3.63. The van der Waals surface area contributed by atoms with Crippen LogP contribution < -0.4 is 0 Å². The summed E-state index contributed by atoms with van der Waals surface area (Å²) in [5, 5.41) is 9.27. The largest absolute Gasteiger partial charge is 0.395 e. The lowest BCUT2D eigenvalue weighted by molar-refractivity contribution is 0.0620. The van der Waals surface area contributed by atoms with Gasteiger partial charge >= 0.3 is 0 Å². The van der Waals surface area contributed by atoms with E-state index in [2.05, 4.69) is 30.6 Å². The van der Waals surface area contributed by atoms with Crippen LogP contribution in [0.3, 0.4) is 0 Å². The molecule has 0 spiro atoms. The predicted molar refractivity (Wildman–Crippen MR) is 68.6 cm³/mol. The van der Waals surface area contributed by atoms with Crippen LogP contribution in [-0.2, 0) is 0 Å². The highest BCUT2D eigenvalue weighted by Gasteiger charge is 2.21. The summed E-state index contributed by atoms with van der Waals surface area (Å²) in [6, 6.07) is 0.382. The van der Waals surface area contributed by atoms with Crippen LogP contribution in [0.5, 0.6) is 0 Å². The predicted octanol–water partition coefficient (Wildman–Crippen LogP) is 1.42. The van der Waals surface area contributed by atoms with Crippen molar-refractivity contribution in [3.05, 3.63) is 0 Å². The van der Waals surface area contributed by atoms with E-state index in [1.807, 2.05) is 0 Å². The molecule has 1 aliphatic rings. The third kappa shape index (κ3) is 4.40. The average Bonchev–Trinajstić information content (AvgIpc) is 2.29. The third-order valence-electron chi connectivity index (χ3n) is 3.63. The molecular formula is C13H28N2O. The molecule has 1 saturated heterocycles. The molecule has 3 heteroatoms. The van der Waals surface area contributed by atoms with Gasteiger partial charge in [-0.25, -0.2) is 0 Å². The minimum Gasteiger partial charge on any atom is -0.395 e. The fourth-order valence-corrected chi connectivity index (χ4v) is 2.30. The van der Waals surface area contributed by atoms with Gasteiger partial charge in [-0.2, -0.15) is 0 Å². The lowest BCUT2D eigenvalue weighted by atomic mass is 10.1. The van der Waals surface area contributed by atoms with Crippen LogP contribution in [0, 0.1) is 5.92 Å². The van der Waals surface area contributed by atoms with Crippen LogP contribution in [0.4, 0.5) is 0 Å². The Labute approximate surface area is 100 Å². The summed E-state index contributed by atoms with van der Waals surface area (Å²) in [5.74, 6) is 0.805. The molecule has 0 aromatic carbocycles. The van der Waals surface area contributed by atoms with Gasteiger partial charge in [-0.3, -0.25) is 4.90 Å². The first kappa shape index (κ1) is 13.9. The van der Waals surface area contributed by atoms with E-state index in [0.29, 0.717) is 12.6 Å². The van der Waals surface area contributed by atoms with Crippen molar-refractivity contribution >= 4 is 0 Å². The maximum atomic E-state index is 9.27. The summed E-state index contributed by atoms with van der Waals surface area (Å²) < 4.78 is 0. The zero-order chi connectivity index (χ0) is 12.0. The number of hydrogen-bond acceptors (Lipinski definition) is 3. The first-order chi connectivity index (χ1) is 7.67. The van der Waals surface area contributed by atoms with Crippen molar-refractivity contribution in [3.63, 3.8) is 0 Å². The van der Waals surface area contributed by atoms with Gasteiger partial charge in [-0.05, 0) is 25.3 Å². The summed E-state index contributed by atoms with van der Waals surface area (Å²) in [5.41, 5.74) is 0. The SMILES string of the molecule is CCC(CO)N1CCN(CCC(C)C)CC1. The molecule has 1 aliphatic heterocycles. The summed E-state index contributed by atoms with van der Waals surface area (Å²) in [6.45, 7) is 12.9. The van der Waals surface area contributed by atoms with E-state index in [4.69, 9.17) is 0 Å². The van der Waals surface area contributed by atoms with Crippen LogP contribution in [-0.4, -0.2) is 60.3 Å². The molecule has 0 bridgehead atoms. The highest BCUT2D eigenvalue weighted by molar-refractivity contribution is 4.77. The Hall–Kier alpha value is -0.120. The molecule has 1 fully saturated rings. The van der Waals surface area contributed by atoms with Gasteiger partial charge in [0, 0.05) is 32.2 Å². The second-order valence-electron chi connectivity index (χ2n) is 5.30. The molecule has 3 nitrogen and oxygen atoms in total. The molecular weight excluding hydrogens is 200 g/mol. The Bertz CT molecular complexity index is 173. The Kier molecular flexibility index (Phi) is 6.32. The Balaban J connectivity index is 2.22. The van der Waals surface area contributed by atoms with Gasteiger partial charge in [0.05, 0.1) is 6.61 Å². The zero-order valence-electron chi connectivity index (χ0n) is 11.2. The van der Waals surface area contributed by atoms with Crippen LogP contribution in [0.25, 0.3) is 0 Å². The van der Waals surface area contributed by atoms with E-state index >= 15 is 0 Å². The fourth-order valence-electron chi connectivity index (χ4n) is 2.30. The minimum absolute atomic E-state index is 0.308. The summed E-state index contributed by atoms with van der Waals surface area (Å²) in [7, 11) is 0. The van der Waals surface area contributed by atoms with Gasteiger partial charge in [0.15, 0.2) is 0 Å². The molecule has 1 rings (SSSR count). The Morgan fingerprint density at radius 3 is 2.19 bits per heavy atom. The van der Waals surface area contributed by atoms with Crippen molar-refractivity contribution < 1.29 is 5.11 Å². The molecule has 1 unspecified atom stereocenters. The Morgan fingerprint density at radius 2 is 1.75 bits per heavy atom. The minimum atomic E-state index is 0.308. The van der Waals surface area contributed by atoms with Gasteiger partial charge < -0.3 is 10.0 Å². The monoisotopic (exact) mass is 228 g/mol. The van der Waals surface area contributed by atoms with Gasteiger partial charge in [-0.1, -0.05) is 20.8 Å². The molecule has 0 amide bonds. The fraction of sp³-hybridized carbons (Fsp3) is 1.00. The molecule has 0 aliphatic carbocycles. The molecule has 1 heterocycles. The quantitative estimate of drug-likeness (QED) is 0.745. The van der Waals surface area contributed by atoms with Crippen molar-refractivity contribution in [2.24, 2.45) is 5.92 Å². The van der Waals surface area contributed by atoms with Crippen molar-refractivity contribution in [1.82, 2.24) is 9.80 Å². The number of aliphatic hydroxyl groups excluding tert-OH is 1. The maximum Gasteiger partial charge on any atom is 0.0586 e. The zero-order valence-corrected chi connectivity index (χ0v) is 11.2. The van der Waals surface area contributed by atoms with Gasteiger partial charge in [-0.15, -0.1) is 0 Å². The van der Waals surface area contributed by atoms with Crippen molar-refractivity contribution in [2.75, 3.05) is 39.3 Å². The molecule has 1 atom stereocenters. The lowest BCUT2D eigenvalue weighted by Gasteiger charge is -2.38. The van der Waals surface area contributed by atoms with Gasteiger partial charge in [0.25, 0.3) is 0 Å². The second-order valence-corrected chi connectivity index (χ2v) is 5.30. The smallest absolute Gasteiger partial charge is 0.0586 e. The molecule has 96 valence electrons. The molecule has 0 radical (unpaired) electrons. The molecule has 0 saturated carbocycles. The molecule has 1 N–H and O–H groups in total. The summed E-state index contributed by atoms with van der Waals surface area (Å²) >= 11 is 0. The van der Waals surface area contributed by atoms with E-state index in [0.717, 1.165) is 25.4 Å². The van der Waals surface area contributed by atoms with Crippen LogP contribution >= 0.6 is 0 Å². The second kappa shape index (κ2) is 7.25. The van der Waals surface area contributed by atoms with Crippen LogP contribution in [0.1, 0.15) is 33.6 Å². The van der Waals surface area contributed by atoms with Crippen LogP contribution in [0.15, 0.2) is 0 Å². The normalized spacial score (nSPS) is 21.6. The first-order valence-corrected chi connectivity index (χ1v) is 6.74. The highest BCUT2D eigenvalue weighted by atomic mass is 16.3. The highest BCUT2D eigenvalue weighted by Crippen LogP contribution is 2.10. The molecule has 0 aromatic heterocycles. The average molecular weight is 228 g/mol. The standard InChI is InChI=1S/C13H28N2O/c1-4-13(11-16)15-9-7-14(8-10-15)6-5-12(2)3/h12-13,16H,4-11H2,1-3H3. The van der Waals surface area contributed by atoms with Gasteiger partial charge in [0.1, 0.15) is 0 Å². The maximum absolute atomic E-state index is 9.27. The summed E-state index contributed by atoms with van der Waals surface area (Å²) in [4.78, 5) is 4.99. The topological polar surface area (TPSA) is 26.7 Å². The first-order valence-electron chi connectivity index (χ1n) is 6.74. The van der Waals surface area contributed by atoms with Crippen molar-refractivity contribution in [3.8, 4) is 0 Å². The van der Waals surface area contributed by atoms with E-state index in [9.17, 15) is 5.11 Å². The summed E-state index contributed by atoms with van der Waals surface area (Å²) in [6.07, 6.45) is 2.36. The Morgan fingerprint density at radius 1 is 1.12 bits per heavy atom. The number of hydrogen-bond donors (Lipinski definition) is 1. The van der Waals surface area contributed by atoms with Gasteiger partial charge in [0.2, 0.25) is 0 Å². The number of rotatable bonds is 6. The van der Waals surface area contributed by atoms with Crippen molar-refractivity contribution in [2.45, 2.75) is 39.7 Å². The lowest BCUT2D eigenvalue weighted by Crippen LogP contribution is -2.51. The molecule has 16 heavy (non-hydrogen) atoms. The van der Waals surface area contributed by atoms with E-state index in [1.165, 1.54) is 26.1 Å². The number of piperazine rings is 1. The number of aliphatic hydroxyl groups is 1. The molecule has 0 aromatic rings. The van der Waals surface area contributed by atoms with E-state index in [1.54, 1.807) is 0 Å². The number of nitrogens with zero attached hydrogens (tertiary/aromatic N) is 2. The van der Waals surface area contributed by atoms with E-state index < -0.39 is 0 Å². The van der Waals surface area contributed by atoms with Crippen LogP contribution in [0.2, 0.25) is 0 Å². The van der Waals surface area contributed by atoms with E-state index in [-0.39, 0.29) is 0 Å². The van der Waals surface area contributed by atoms with Crippen molar-refractivity contribution in [1.29, 1.82) is 0 Å².